The highest BCUT2D eigenvalue weighted by atomic mass is 31.2. The van der Waals surface area contributed by atoms with Gasteiger partial charge in [-0.2, -0.15) is 0 Å². The van der Waals surface area contributed by atoms with Gasteiger partial charge in [-0.25, -0.2) is 4.57 Å². The number of likely N-dealkylation sites (N-methyl/N-ethyl adjacent to an activating group) is 1. The van der Waals surface area contributed by atoms with Gasteiger partial charge in [-0.15, -0.1) is 0 Å². The minimum Gasteiger partial charge on any atom is -0.387 e. The molecule has 468 valence electrons. The highest BCUT2D eigenvalue weighted by Crippen LogP contribution is 2.43. The minimum absolute atomic E-state index is 0.0532. The Kier molecular flexibility index (Phi) is 59.9. The van der Waals surface area contributed by atoms with Gasteiger partial charge in [0.1, 0.15) is 13.2 Å². The molecule has 0 fully saturated rings. The summed E-state index contributed by atoms with van der Waals surface area (Å²) in [6.07, 6.45) is 86.3. The first-order valence-corrected chi connectivity index (χ1v) is 35.8. The van der Waals surface area contributed by atoms with Gasteiger partial charge in [-0.1, -0.05) is 305 Å². The van der Waals surface area contributed by atoms with Gasteiger partial charge < -0.3 is 19.8 Å². The first-order valence-electron chi connectivity index (χ1n) is 34.3. The molecule has 0 saturated heterocycles. The molecule has 0 rings (SSSR count). The van der Waals surface area contributed by atoms with Gasteiger partial charge in [0.05, 0.1) is 39.9 Å². The smallest absolute Gasteiger partial charge is 0.387 e. The second-order valence-electron chi connectivity index (χ2n) is 24.5. The van der Waals surface area contributed by atoms with Gasteiger partial charge >= 0.3 is 7.82 Å². The van der Waals surface area contributed by atoms with Crippen LogP contribution in [0.1, 0.15) is 322 Å². The van der Waals surface area contributed by atoms with Crippen LogP contribution in [0.4, 0.5) is 0 Å². The fourth-order valence-electron chi connectivity index (χ4n) is 10.0. The molecule has 0 bridgehead atoms. The van der Waals surface area contributed by atoms with E-state index in [9.17, 15) is 19.4 Å². The number of hydrogen-bond acceptors (Lipinski definition) is 5. The Bertz CT molecular complexity index is 1530. The first kappa shape index (κ1) is 77.9. The zero-order chi connectivity index (χ0) is 58.4. The summed E-state index contributed by atoms with van der Waals surface area (Å²) >= 11 is 0. The van der Waals surface area contributed by atoms with Crippen LogP contribution >= 0.6 is 7.82 Å². The number of unbranched alkanes of at least 4 members (excludes halogenated alkanes) is 40. The molecule has 0 aliphatic heterocycles. The van der Waals surface area contributed by atoms with Crippen molar-refractivity contribution in [1.82, 2.24) is 5.32 Å². The molecule has 3 atom stereocenters. The minimum atomic E-state index is -4.36. The molecule has 3 N–H and O–H groups in total. The van der Waals surface area contributed by atoms with Crippen molar-refractivity contribution in [3.05, 3.63) is 72.9 Å². The molecule has 0 heterocycles. The molecule has 80 heavy (non-hydrogen) atoms. The van der Waals surface area contributed by atoms with E-state index in [2.05, 4.69) is 79.9 Å². The quantitative estimate of drug-likeness (QED) is 0.0243. The zero-order valence-electron chi connectivity index (χ0n) is 53.6. The predicted octanol–water partition coefficient (Wildman–Crippen LogP) is 21.8. The van der Waals surface area contributed by atoms with Crippen molar-refractivity contribution in [2.24, 2.45) is 0 Å². The van der Waals surface area contributed by atoms with Crippen molar-refractivity contribution < 1.29 is 32.9 Å². The molecule has 0 aromatic carbocycles. The molecule has 3 unspecified atom stereocenters. The average Bonchev–Trinajstić information content (AvgIpc) is 3.42. The normalized spacial score (nSPS) is 14.1. The Labute approximate surface area is 497 Å². The van der Waals surface area contributed by atoms with Crippen LogP contribution in [0.25, 0.3) is 0 Å². The third-order valence-corrected chi connectivity index (χ3v) is 16.4. The van der Waals surface area contributed by atoms with Crippen molar-refractivity contribution in [3.63, 3.8) is 0 Å². The third kappa shape index (κ3) is 63.5. The fraction of sp³-hybridized carbons (Fsp3) is 0.817. The number of carbonyl (C=O) groups is 1. The lowest BCUT2D eigenvalue weighted by molar-refractivity contribution is -0.870. The number of aliphatic hydroxyl groups excluding tert-OH is 1. The molecule has 0 aliphatic rings. The number of aliphatic hydroxyl groups is 1. The molecule has 8 nitrogen and oxygen atoms in total. The van der Waals surface area contributed by atoms with Crippen molar-refractivity contribution in [3.8, 4) is 0 Å². The van der Waals surface area contributed by atoms with Crippen LogP contribution in [0.2, 0.25) is 0 Å². The van der Waals surface area contributed by atoms with E-state index in [1.807, 2.05) is 27.2 Å². The molecule has 0 spiro atoms. The van der Waals surface area contributed by atoms with Crippen molar-refractivity contribution in [2.45, 2.75) is 334 Å². The maximum atomic E-state index is 13.0. The van der Waals surface area contributed by atoms with Crippen LogP contribution in [0, 0.1) is 0 Å². The van der Waals surface area contributed by atoms with Crippen molar-refractivity contribution >= 4 is 13.7 Å². The number of allylic oxidation sites excluding steroid dienone is 11. The van der Waals surface area contributed by atoms with Crippen LogP contribution in [0.3, 0.4) is 0 Å². The van der Waals surface area contributed by atoms with Gasteiger partial charge in [0.2, 0.25) is 5.91 Å². The van der Waals surface area contributed by atoms with E-state index < -0.39 is 20.0 Å². The van der Waals surface area contributed by atoms with E-state index in [0.29, 0.717) is 17.4 Å². The van der Waals surface area contributed by atoms with Crippen LogP contribution < -0.4 is 5.32 Å². The molecule has 9 heteroatoms. The van der Waals surface area contributed by atoms with Crippen LogP contribution in [-0.2, 0) is 18.4 Å². The Morgan fingerprint density at radius 2 is 0.725 bits per heavy atom. The lowest BCUT2D eigenvalue weighted by atomic mass is 10.0. The third-order valence-electron chi connectivity index (χ3n) is 15.4. The van der Waals surface area contributed by atoms with Crippen molar-refractivity contribution in [1.29, 1.82) is 0 Å². The Hall–Kier alpha value is -2.06. The maximum absolute atomic E-state index is 13.0. The number of quaternary nitrogens is 1. The SMILES string of the molecule is CCCCCCC/C=C\C/C=C\C/C=C\CCCCCCCCCCCCCCCCCCCCCCCCCCC(=O)NC(COP(=O)(O)OCC[N+](C)(C)C)C(O)/C=C/CC/C=C/CC/C=C/CCCCCCCCCCC. The number of rotatable bonds is 63. The summed E-state index contributed by atoms with van der Waals surface area (Å²) in [5.74, 6) is -0.187. The summed E-state index contributed by atoms with van der Waals surface area (Å²) < 4.78 is 23.7. The number of hydrogen-bond donors (Lipinski definition) is 3. The number of carbonyl (C=O) groups excluding carboxylic acids is 1. The van der Waals surface area contributed by atoms with Gasteiger partial charge in [-0.05, 0) is 83.5 Å². The Morgan fingerprint density at radius 1 is 0.425 bits per heavy atom. The number of phosphoric ester groups is 1. The summed E-state index contributed by atoms with van der Waals surface area (Å²) in [4.78, 5) is 23.4. The highest BCUT2D eigenvalue weighted by Gasteiger charge is 2.28. The van der Waals surface area contributed by atoms with Gasteiger partial charge in [0.15, 0.2) is 0 Å². The Balaban J connectivity index is 3.99. The molecule has 1 amide bonds. The molecule has 0 aromatic rings. The first-order chi connectivity index (χ1) is 39.0. The predicted molar refractivity (Wildman–Crippen MR) is 350 cm³/mol. The van der Waals surface area contributed by atoms with E-state index in [-0.39, 0.29) is 19.1 Å². The summed E-state index contributed by atoms with van der Waals surface area (Å²) in [6.45, 7) is 4.80. The van der Waals surface area contributed by atoms with E-state index in [1.165, 1.54) is 244 Å². The second kappa shape index (κ2) is 61.5. The second-order valence-corrected chi connectivity index (χ2v) is 26.0. The van der Waals surface area contributed by atoms with Gasteiger partial charge in [0, 0.05) is 6.42 Å². The topological polar surface area (TPSA) is 105 Å². The number of nitrogens with zero attached hydrogens (tertiary/aromatic N) is 1. The summed E-state index contributed by atoms with van der Waals surface area (Å²) in [7, 11) is 1.55. The van der Waals surface area contributed by atoms with Crippen LogP contribution in [0.5, 0.6) is 0 Å². The largest absolute Gasteiger partial charge is 0.472 e. The summed E-state index contributed by atoms with van der Waals surface area (Å²) in [5.41, 5.74) is 0. The summed E-state index contributed by atoms with van der Waals surface area (Å²) in [6, 6.07) is -0.871. The molecule has 0 radical (unpaired) electrons. The lowest BCUT2D eigenvalue weighted by Gasteiger charge is -2.25. The molecule has 0 aliphatic carbocycles. The van der Waals surface area contributed by atoms with Gasteiger partial charge in [0.25, 0.3) is 0 Å². The standard InChI is InChI=1S/C71H133N2O6P/c1-6-8-10-12-14-16-18-20-22-24-26-27-28-29-30-31-32-33-34-35-36-37-38-39-40-41-42-43-44-45-47-49-51-53-55-57-59-61-63-65-71(75)72-69(68-79-80(76,77)78-67-66-73(3,4)5)70(74)64-62-60-58-56-54-52-50-48-46-25-23-21-19-17-15-13-11-9-7-2/h18,20,24,26,28-29,46,48,54,56,62,64,69-70,74H,6-17,19,21-23,25,27,30-45,47,49-53,55,57-61,63,65-68H2,1-5H3,(H-,72,75,76,77)/p+1/b20-18-,26-24-,29-28-,48-46+,56-54+,64-62+. The van der Waals surface area contributed by atoms with E-state index in [4.69, 9.17) is 9.05 Å². The number of amides is 1. The van der Waals surface area contributed by atoms with E-state index in [1.54, 1.807) is 6.08 Å². The monoisotopic (exact) mass is 1140 g/mol. The number of nitrogens with one attached hydrogen (secondary N) is 1. The molecule has 0 saturated carbocycles. The van der Waals surface area contributed by atoms with Crippen LogP contribution in [-0.4, -0.2) is 73.4 Å². The lowest BCUT2D eigenvalue weighted by Crippen LogP contribution is -2.45. The van der Waals surface area contributed by atoms with Crippen LogP contribution in [0.15, 0.2) is 72.9 Å². The average molecular weight is 1140 g/mol. The van der Waals surface area contributed by atoms with E-state index >= 15 is 0 Å². The highest BCUT2D eigenvalue weighted by molar-refractivity contribution is 7.47. The van der Waals surface area contributed by atoms with Crippen molar-refractivity contribution in [2.75, 3.05) is 40.9 Å². The number of phosphoric acid groups is 1. The van der Waals surface area contributed by atoms with E-state index in [0.717, 1.165) is 57.8 Å². The fourth-order valence-corrected chi connectivity index (χ4v) is 10.8. The molecular weight excluding hydrogens is 1010 g/mol. The summed E-state index contributed by atoms with van der Waals surface area (Å²) in [5, 5.41) is 13.9. The maximum Gasteiger partial charge on any atom is 0.472 e. The van der Waals surface area contributed by atoms with Gasteiger partial charge in [-0.3, -0.25) is 13.8 Å². The molecular formula is C71H134N2O6P+. The Morgan fingerprint density at radius 3 is 1.09 bits per heavy atom. The molecule has 0 aromatic heterocycles. The zero-order valence-corrected chi connectivity index (χ0v) is 54.5.